The number of fused-ring (bicyclic) bond motifs is 1. The van der Waals surface area contributed by atoms with Crippen molar-refractivity contribution in [3.63, 3.8) is 0 Å². The molecule has 3 heterocycles. The maximum absolute atomic E-state index is 12.4. The second-order valence-electron chi connectivity index (χ2n) is 7.63. The van der Waals surface area contributed by atoms with Gasteiger partial charge in [-0.05, 0) is 44.0 Å². The van der Waals surface area contributed by atoms with Crippen LogP contribution in [0.5, 0.6) is 11.6 Å². The minimum Gasteiger partial charge on any atom is -0.497 e. The van der Waals surface area contributed by atoms with Crippen molar-refractivity contribution in [3.8, 4) is 11.6 Å². The summed E-state index contributed by atoms with van der Waals surface area (Å²) in [5, 5.41) is 15.5. The van der Waals surface area contributed by atoms with Crippen molar-refractivity contribution in [1.29, 1.82) is 0 Å². The van der Waals surface area contributed by atoms with Crippen molar-refractivity contribution in [3.05, 3.63) is 40.5 Å². The van der Waals surface area contributed by atoms with Crippen LogP contribution in [0.4, 0.5) is 0 Å². The average Bonchev–Trinajstić information content (AvgIpc) is 3.33. The molecule has 3 aromatic rings. The number of ether oxygens (including phenoxy) is 2. The van der Waals surface area contributed by atoms with Crippen LogP contribution < -0.4 is 4.74 Å². The van der Waals surface area contributed by atoms with Crippen LogP contribution in [0.3, 0.4) is 0 Å². The molecule has 0 bridgehead atoms. The smallest absolute Gasteiger partial charge is 0.310 e. The number of piperidine rings is 1. The molecule has 8 nitrogen and oxygen atoms in total. The number of aromatic hydroxyl groups is 1. The molecular weight excluding hydrogens is 416 g/mol. The van der Waals surface area contributed by atoms with Crippen LogP contribution in [0.1, 0.15) is 49.0 Å². The van der Waals surface area contributed by atoms with Crippen LogP contribution in [0.25, 0.3) is 4.96 Å². The minimum atomic E-state index is -0.245. The Morgan fingerprint density at radius 3 is 2.94 bits per heavy atom. The van der Waals surface area contributed by atoms with Gasteiger partial charge in [-0.3, -0.25) is 9.69 Å². The summed E-state index contributed by atoms with van der Waals surface area (Å²) in [6, 6.07) is 7.59. The van der Waals surface area contributed by atoms with E-state index in [9.17, 15) is 9.90 Å². The van der Waals surface area contributed by atoms with Gasteiger partial charge in [-0.15, -0.1) is 5.10 Å². The lowest BCUT2D eigenvalue weighted by Crippen LogP contribution is -2.41. The van der Waals surface area contributed by atoms with E-state index in [4.69, 9.17) is 9.47 Å². The van der Waals surface area contributed by atoms with E-state index in [0.717, 1.165) is 35.6 Å². The Kier molecular flexibility index (Phi) is 6.43. The zero-order valence-corrected chi connectivity index (χ0v) is 18.9. The standard InChI is InChI=1S/C22H28N4O4S/c1-4-17-23-22-26(24-17)20(27)19(31-22)18(14-8-6-10-16(12-14)29-3)25-11-7-9-15(13-25)21(28)30-5-2/h6,8,10,12,15,18,27H,4-5,7,9,11,13H2,1-3H3. The summed E-state index contributed by atoms with van der Waals surface area (Å²) >= 11 is 1.43. The second-order valence-corrected chi connectivity index (χ2v) is 8.64. The number of aryl methyl sites for hydroxylation is 1. The predicted molar refractivity (Wildman–Crippen MR) is 118 cm³/mol. The Bertz CT molecular complexity index is 1060. The molecule has 1 fully saturated rings. The molecule has 166 valence electrons. The van der Waals surface area contributed by atoms with Gasteiger partial charge in [0.2, 0.25) is 10.8 Å². The van der Waals surface area contributed by atoms with E-state index in [-0.39, 0.29) is 23.8 Å². The van der Waals surface area contributed by atoms with Gasteiger partial charge in [0.25, 0.3) is 0 Å². The van der Waals surface area contributed by atoms with Gasteiger partial charge >= 0.3 is 5.97 Å². The Morgan fingerprint density at radius 1 is 1.39 bits per heavy atom. The molecule has 9 heteroatoms. The van der Waals surface area contributed by atoms with Crippen LogP contribution in [0.2, 0.25) is 0 Å². The number of aromatic nitrogens is 3. The fraction of sp³-hybridized carbons (Fsp3) is 0.500. The van der Waals surface area contributed by atoms with E-state index >= 15 is 0 Å². The highest BCUT2D eigenvalue weighted by atomic mass is 32.1. The first-order valence-corrected chi connectivity index (χ1v) is 11.5. The lowest BCUT2D eigenvalue weighted by atomic mass is 9.94. The molecule has 0 radical (unpaired) electrons. The van der Waals surface area contributed by atoms with Crippen LogP contribution in [-0.4, -0.2) is 57.4 Å². The highest BCUT2D eigenvalue weighted by Gasteiger charge is 2.35. The molecular formula is C22H28N4O4S. The van der Waals surface area contributed by atoms with Crippen molar-refractivity contribution in [1.82, 2.24) is 19.5 Å². The summed E-state index contributed by atoms with van der Waals surface area (Å²) in [6.45, 7) is 5.57. The summed E-state index contributed by atoms with van der Waals surface area (Å²) in [4.78, 5) is 20.6. The third-order valence-electron chi connectivity index (χ3n) is 5.66. The summed E-state index contributed by atoms with van der Waals surface area (Å²) in [6.07, 6.45) is 2.39. The monoisotopic (exact) mass is 444 g/mol. The molecule has 2 atom stereocenters. The minimum absolute atomic E-state index is 0.0956. The first-order chi connectivity index (χ1) is 15.0. The number of esters is 1. The number of benzene rings is 1. The molecule has 1 aromatic carbocycles. The number of carbonyl (C=O) groups excluding carboxylic acids is 1. The molecule has 0 amide bonds. The summed E-state index contributed by atoms with van der Waals surface area (Å²) < 4.78 is 12.2. The molecule has 1 N–H and O–H groups in total. The number of likely N-dealkylation sites (tertiary alicyclic amines) is 1. The van der Waals surface area contributed by atoms with Gasteiger partial charge in [0.05, 0.1) is 30.6 Å². The molecule has 31 heavy (non-hydrogen) atoms. The fourth-order valence-corrected chi connectivity index (χ4v) is 5.29. The Morgan fingerprint density at radius 2 is 2.23 bits per heavy atom. The number of hydrogen-bond acceptors (Lipinski definition) is 8. The summed E-state index contributed by atoms with van der Waals surface area (Å²) in [7, 11) is 1.64. The van der Waals surface area contributed by atoms with Gasteiger partial charge in [0, 0.05) is 13.0 Å². The number of methoxy groups -OCH3 is 1. The van der Waals surface area contributed by atoms with Gasteiger partial charge < -0.3 is 14.6 Å². The Labute approximate surface area is 185 Å². The second kappa shape index (κ2) is 9.23. The zero-order chi connectivity index (χ0) is 22.0. The van der Waals surface area contributed by atoms with Crippen molar-refractivity contribution in [2.75, 3.05) is 26.8 Å². The molecule has 0 aliphatic carbocycles. The lowest BCUT2D eigenvalue weighted by Gasteiger charge is -2.37. The zero-order valence-electron chi connectivity index (χ0n) is 18.1. The molecule has 2 unspecified atom stereocenters. The molecule has 2 aromatic heterocycles. The maximum Gasteiger partial charge on any atom is 0.310 e. The fourth-order valence-electron chi connectivity index (χ4n) is 4.15. The van der Waals surface area contributed by atoms with Crippen LogP contribution in [0.15, 0.2) is 24.3 Å². The van der Waals surface area contributed by atoms with Gasteiger partial charge in [-0.1, -0.05) is 30.4 Å². The highest BCUT2D eigenvalue weighted by Crippen LogP contribution is 2.42. The van der Waals surface area contributed by atoms with Gasteiger partial charge in [0.1, 0.15) is 5.75 Å². The third kappa shape index (κ3) is 4.24. The first kappa shape index (κ1) is 21.6. The molecule has 0 spiro atoms. The Hall–Kier alpha value is -2.65. The van der Waals surface area contributed by atoms with Crippen molar-refractivity contribution < 1.29 is 19.4 Å². The van der Waals surface area contributed by atoms with E-state index in [0.29, 0.717) is 30.4 Å². The van der Waals surface area contributed by atoms with Crippen molar-refractivity contribution in [2.24, 2.45) is 5.92 Å². The number of thiazole rings is 1. The highest BCUT2D eigenvalue weighted by molar-refractivity contribution is 7.17. The quantitative estimate of drug-likeness (QED) is 0.559. The number of rotatable bonds is 7. The third-order valence-corrected chi connectivity index (χ3v) is 6.73. The van der Waals surface area contributed by atoms with E-state index < -0.39 is 0 Å². The van der Waals surface area contributed by atoms with E-state index in [1.54, 1.807) is 7.11 Å². The summed E-state index contributed by atoms with van der Waals surface area (Å²) in [5.74, 6) is 1.20. The number of carbonyl (C=O) groups is 1. The van der Waals surface area contributed by atoms with E-state index in [1.165, 1.54) is 15.9 Å². The SMILES string of the molecule is CCOC(=O)C1CCCN(C(c2cccc(OC)c2)c2sc3nc(CC)nn3c2O)C1. The molecule has 4 rings (SSSR count). The molecule has 1 aliphatic rings. The van der Waals surface area contributed by atoms with Crippen LogP contribution in [-0.2, 0) is 16.0 Å². The van der Waals surface area contributed by atoms with Crippen LogP contribution in [0, 0.1) is 5.92 Å². The molecule has 1 saturated heterocycles. The Balaban J connectivity index is 1.76. The maximum atomic E-state index is 12.4. The lowest BCUT2D eigenvalue weighted by molar-refractivity contribution is -0.150. The van der Waals surface area contributed by atoms with Gasteiger partial charge in [-0.2, -0.15) is 4.52 Å². The predicted octanol–water partition coefficient (Wildman–Crippen LogP) is 3.43. The van der Waals surface area contributed by atoms with Crippen molar-refractivity contribution >= 4 is 22.3 Å². The topological polar surface area (TPSA) is 89.2 Å². The largest absolute Gasteiger partial charge is 0.497 e. The molecule has 1 aliphatic heterocycles. The first-order valence-electron chi connectivity index (χ1n) is 10.7. The van der Waals surface area contributed by atoms with E-state index in [2.05, 4.69) is 15.0 Å². The van der Waals surface area contributed by atoms with Crippen molar-refractivity contribution in [2.45, 2.75) is 39.2 Å². The average molecular weight is 445 g/mol. The number of hydrogen-bond donors (Lipinski definition) is 1. The van der Waals surface area contributed by atoms with E-state index in [1.807, 2.05) is 38.1 Å². The molecule has 0 saturated carbocycles. The van der Waals surface area contributed by atoms with Crippen LogP contribution >= 0.6 is 11.3 Å². The summed E-state index contributed by atoms with van der Waals surface area (Å²) in [5.41, 5.74) is 0.986. The van der Waals surface area contributed by atoms with Gasteiger partial charge in [0.15, 0.2) is 5.82 Å². The normalized spacial score (nSPS) is 18.2. The number of nitrogens with zero attached hydrogens (tertiary/aromatic N) is 4. The van der Waals surface area contributed by atoms with Gasteiger partial charge in [-0.25, -0.2) is 4.98 Å².